The predicted octanol–water partition coefficient (Wildman–Crippen LogP) is 1.52. The highest BCUT2D eigenvalue weighted by molar-refractivity contribution is 7.05. The number of rotatable bonds is 3. The maximum atomic E-state index is 9.76. The number of nitrogens with zero attached hydrogens (tertiary/aromatic N) is 2. The molecular weight excluding hydrogens is 200 g/mol. The van der Waals surface area contributed by atoms with E-state index in [0.717, 1.165) is 10.6 Å². The second kappa shape index (κ2) is 4.33. The molecule has 1 atom stereocenters. The summed E-state index contributed by atoms with van der Waals surface area (Å²) in [7, 11) is 1.56. The predicted molar refractivity (Wildman–Crippen MR) is 55.4 cm³/mol. The van der Waals surface area contributed by atoms with Crippen molar-refractivity contribution in [2.75, 3.05) is 13.7 Å². The Morgan fingerprint density at radius 2 is 2.14 bits per heavy atom. The van der Waals surface area contributed by atoms with Gasteiger partial charge in [-0.1, -0.05) is 25.3 Å². The molecule has 0 spiro atoms. The second-order valence-electron chi connectivity index (χ2n) is 4.21. The highest BCUT2D eigenvalue weighted by Gasteiger charge is 2.25. The van der Waals surface area contributed by atoms with E-state index in [1.807, 2.05) is 20.8 Å². The summed E-state index contributed by atoms with van der Waals surface area (Å²) < 4.78 is 8.76. The van der Waals surface area contributed by atoms with Gasteiger partial charge in [0.05, 0.1) is 17.2 Å². The second-order valence-corrected chi connectivity index (χ2v) is 4.99. The standard InChI is InChI=1S/C9H16N2O2S/c1-9(2,3)8-7(14-11-10-8)6(12)5-13-4/h6,12H,5H2,1-4H3. The Morgan fingerprint density at radius 1 is 1.50 bits per heavy atom. The van der Waals surface area contributed by atoms with E-state index in [1.165, 1.54) is 11.5 Å². The van der Waals surface area contributed by atoms with Crippen LogP contribution in [0.1, 0.15) is 37.4 Å². The van der Waals surface area contributed by atoms with Gasteiger partial charge in [-0.25, -0.2) is 0 Å². The van der Waals surface area contributed by atoms with Crippen LogP contribution < -0.4 is 0 Å². The van der Waals surface area contributed by atoms with Crippen LogP contribution in [0.2, 0.25) is 0 Å². The molecular formula is C9H16N2O2S. The Balaban J connectivity index is 2.93. The third kappa shape index (κ3) is 2.50. The van der Waals surface area contributed by atoms with Gasteiger partial charge >= 0.3 is 0 Å². The van der Waals surface area contributed by atoms with E-state index in [2.05, 4.69) is 9.59 Å². The zero-order valence-electron chi connectivity index (χ0n) is 8.94. The molecule has 0 aliphatic rings. The highest BCUT2D eigenvalue weighted by atomic mass is 32.1. The zero-order chi connectivity index (χ0) is 10.8. The van der Waals surface area contributed by atoms with Gasteiger partial charge in [-0.15, -0.1) is 5.10 Å². The maximum absolute atomic E-state index is 9.76. The van der Waals surface area contributed by atoms with Gasteiger partial charge < -0.3 is 9.84 Å². The molecule has 0 fully saturated rings. The molecule has 0 bridgehead atoms. The number of aromatic nitrogens is 2. The van der Waals surface area contributed by atoms with Gasteiger partial charge in [0.25, 0.3) is 0 Å². The van der Waals surface area contributed by atoms with Gasteiger partial charge in [-0.2, -0.15) is 0 Å². The summed E-state index contributed by atoms with van der Waals surface area (Å²) in [5.41, 5.74) is 0.767. The summed E-state index contributed by atoms with van der Waals surface area (Å²) in [6, 6.07) is 0. The molecule has 1 rings (SSSR count). The van der Waals surface area contributed by atoms with Crippen LogP contribution in [0.4, 0.5) is 0 Å². The van der Waals surface area contributed by atoms with Crippen molar-refractivity contribution in [1.82, 2.24) is 9.59 Å². The summed E-state index contributed by atoms with van der Waals surface area (Å²) in [6.07, 6.45) is -0.616. The third-order valence-electron chi connectivity index (χ3n) is 1.85. The molecule has 1 N–H and O–H groups in total. The van der Waals surface area contributed by atoms with E-state index in [1.54, 1.807) is 7.11 Å². The van der Waals surface area contributed by atoms with Gasteiger partial charge in [0.2, 0.25) is 0 Å². The fraction of sp³-hybridized carbons (Fsp3) is 0.778. The van der Waals surface area contributed by atoms with Crippen molar-refractivity contribution < 1.29 is 9.84 Å². The molecule has 1 aromatic heterocycles. The Kier molecular flexibility index (Phi) is 3.58. The van der Waals surface area contributed by atoms with Gasteiger partial charge in [0.1, 0.15) is 6.10 Å². The van der Waals surface area contributed by atoms with E-state index in [-0.39, 0.29) is 12.0 Å². The topological polar surface area (TPSA) is 55.2 Å². The molecule has 80 valence electrons. The van der Waals surface area contributed by atoms with Gasteiger partial charge in [-0.05, 0) is 11.5 Å². The fourth-order valence-corrected chi connectivity index (χ4v) is 2.00. The first-order valence-electron chi connectivity index (χ1n) is 4.46. The minimum absolute atomic E-state index is 0.0863. The first-order valence-corrected chi connectivity index (χ1v) is 5.24. The number of ether oxygens (including phenoxy) is 1. The summed E-state index contributed by atoms with van der Waals surface area (Å²) in [4.78, 5) is 0.805. The Labute approximate surface area is 88.1 Å². The monoisotopic (exact) mass is 216 g/mol. The number of methoxy groups -OCH3 is 1. The normalized spacial score (nSPS) is 14.4. The molecule has 1 heterocycles. The number of hydrogen-bond acceptors (Lipinski definition) is 5. The Hall–Kier alpha value is -0.520. The SMILES string of the molecule is COCC(O)c1snnc1C(C)(C)C. The molecule has 1 unspecified atom stereocenters. The van der Waals surface area contributed by atoms with Crippen molar-refractivity contribution in [3.05, 3.63) is 10.6 Å². The van der Waals surface area contributed by atoms with Crippen molar-refractivity contribution in [3.8, 4) is 0 Å². The first-order chi connectivity index (χ1) is 6.46. The Morgan fingerprint density at radius 3 is 2.64 bits per heavy atom. The molecule has 5 heteroatoms. The Bertz CT molecular complexity index is 293. The van der Waals surface area contributed by atoms with Crippen molar-refractivity contribution in [1.29, 1.82) is 0 Å². The van der Waals surface area contributed by atoms with Crippen LogP contribution in [-0.2, 0) is 10.2 Å². The van der Waals surface area contributed by atoms with Crippen LogP contribution in [0.15, 0.2) is 0 Å². The third-order valence-corrected chi connectivity index (χ3v) is 2.68. The van der Waals surface area contributed by atoms with Gasteiger partial charge in [0.15, 0.2) is 0 Å². The zero-order valence-corrected chi connectivity index (χ0v) is 9.76. The van der Waals surface area contributed by atoms with E-state index in [9.17, 15) is 5.11 Å². The number of aliphatic hydroxyl groups excluding tert-OH is 1. The number of hydrogen-bond donors (Lipinski definition) is 1. The van der Waals surface area contributed by atoms with Crippen LogP contribution in [0, 0.1) is 0 Å². The van der Waals surface area contributed by atoms with Crippen LogP contribution in [0.5, 0.6) is 0 Å². The molecule has 0 aromatic carbocycles. The molecule has 0 radical (unpaired) electrons. The van der Waals surface area contributed by atoms with Crippen LogP contribution >= 0.6 is 11.5 Å². The largest absolute Gasteiger partial charge is 0.385 e. The van der Waals surface area contributed by atoms with Crippen LogP contribution in [-0.4, -0.2) is 28.4 Å². The van der Waals surface area contributed by atoms with Crippen molar-refractivity contribution >= 4 is 11.5 Å². The average Bonchev–Trinajstić information content (AvgIpc) is 2.50. The van der Waals surface area contributed by atoms with Gasteiger partial charge in [-0.3, -0.25) is 0 Å². The van der Waals surface area contributed by atoms with Crippen molar-refractivity contribution in [2.24, 2.45) is 0 Å². The molecule has 0 amide bonds. The minimum Gasteiger partial charge on any atom is -0.385 e. The van der Waals surface area contributed by atoms with Gasteiger partial charge in [0, 0.05) is 12.5 Å². The summed E-state index contributed by atoms with van der Waals surface area (Å²) in [5.74, 6) is 0. The first kappa shape index (κ1) is 11.6. The molecule has 14 heavy (non-hydrogen) atoms. The molecule has 0 saturated carbocycles. The molecule has 0 saturated heterocycles. The maximum Gasteiger partial charge on any atom is 0.115 e. The summed E-state index contributed by atoms with van der Waals surface area (Å²) in [6.45, 7) is 6.43. The van der Waals surface area contributed by atoms with Crippen molar-refractivity contribution in [3.63, 3.8) is 0 Å². The average molecular weight is 216 g/mol. The van der Waals surface area contributed by atoms with Crippen molar-refractivity contribution in [2.45, 2.75) is 32.3 Å². The van der Waals surface area contributed by atoms with Crippen LogP contribution in [0.3, 0.4) is 0 Å². The lowest BCUT2D eigenvalue weighted by molar-refractivity contribution is 0.0654. The highest BCUT2D eigenvalue weighted by Crippen LogP contribution is 2.30. The quantitative estimate of drug-likeness (QED) is 0.832. The molecule has 0 aliphatic carbocycles. The van der Waals surface area contributed by atoms with E-state index < -0.39 is 6.10 Å². The lowest BCUT2D eigenvalue weighted by atomic mass is 9.90. The smallest absolute Gasteiger partial charge is 0.115 e. The summed E-state index contributed by atoms with van der Waals surface area (Å²) >= 11 is 1.23. The lowest BCUT2D eigenvalue weighted by Gasteiger charge is -2.18. The molecule has 0 aliphatic heterocycles. The van der Waals surface area contributed by atoms with E-state index in [0.29, 0.717) is 0 Å². The molecule has 4 nitrogen and oxygen atoms in total. The van der Waals surface area contributed by atoms with E-state index >= 15 is 0 Å². The molecule has 1 aromatic rings. The minimum atomic E-state index is -0.616. The van der Waals surface area contributed by atoms with Crippen LogP contribution in [0.25, 0.3) is 0 Å². The lowest BCUT2D eigenvalue weighted by Crippen LogP contribution is -2.17. The summed E-state index contributed by atoms with van der Waals surface area (Å²) in [5, 5.41) is 13.8. The number of aliphatic hydroxyl groups is 1. The van der Waals surface area contributed by atoms with E-state index in [4.69, 9.17) is 4.74 Å². The fourth-order valence-electron chi connectivity index (χ4n) is 1.17.